The Hall–Kier alpha value is -2.04. The van der Waals surface area contributed by atoms with Crippen LogP contribution in [-0.4, -0.2) is 40.8 Å². The number of likely N-dealkylation sites (tertiary alicyclic amines) is 1. The number of ether oxygens (including phenoxy) is 2. The average molecular weight is 304 g/mol. The first-order chi connectivity index (χ1) is 10.3. The lowest BCUT2D eigenvalue weighted by atomic mass is 10.1. The lowest BCUT2D eigenvalue weighted by Crippen LogP contribution is -2.55. The molecule has 1 aliphatic rings. The molecule has 22 heavy (non-hydrogen) atoms. The summed E-state index contributed by atoms with van der Waals surface area (Å²) in [6, 6.07) is 1.97. The van der Waals surface area contributed by atoms with Gasteiger partial charge in [0.1, 0.15) is 18.0 Å². The van der Waals surface area contributed by atoms with Gasteiger partial charge in [-0.15, -0.1) is 0 Å². The quantitative estimate of drug-likeness (QED) is 0.855. The fraction of sp³-hybridized carbons (Fsp3) is 0.529. The van der Waals surface area contributed by atoms with E-state index >= 15 is 0 Å². The molecule has 1 aromatic rings. The van der Waals surface area contributed by atoms with Crippen molar-refractivity contribution in [2.75, 3.05) is 13.2 Å². The molecule has 1 aromatic heterocycles. The maximum atomic E-state index is 12.0. The van der Waals surface area contributed by atoms with E-state index < -0.39 is 5.60 Å². The van der Waals surface area contributed by atoms with Gasteiger partial charge in [0.05, 0.1) is 12.2 Å². The SMILES string of the molecule is C=Cc1cc(OC[C@@H]2CCN2C(=O)OC(C)(C)C)cnc1C. The number of aryl methyl sites for hydroxylation is 1. The summed E-state index contributed by atoms with van der Waals surface area (Å²) < 4.78 is 11.1. The largest absolute Gasteiger partial charge is 0.490 e. The Labute approximate surface area is 131 Å². The molecule has 0 aromatic carbocycles. The third kappa shape index (κ3) is 4.00. The zero-order valence-electron chi connectivity index (χ0n) is 13.8. The van der Waals surface area contributed by atoms with Crippen molar-refractivity contribution in [2.45, 2.75) is 45.8 Å². The Morgan fingerprint density at radius 1 is 1.55 bits per heavy atom. The third-order valence-electron chi connectivity index (χ3n) is 3.54. The number of rotatable bonds is 4. The highest BCUT2D eigenvalue weighted by Crippen LogP contribution is 2.23. The number of hydrogen-bond acceptors (Lipinski definition) is 4. The van der Waals surface area contributed by atoms with Crippen LogP contribution in [0.5, 0.6) is 5.75 Å². The molecule has 1 amide bonds. The van der Waals surface area contributed by atoms with Crippen molar-refractivity contribution < 1.29 is 14.3 Å². The molecule has 2 rings (SSSR count). The first-order valence-electron chi connectivity index (χ1n) is 7.51. The van der Waals surface area contributed by atoms with Gasteiger partial charge in [0.2, 0.25) is 0 Å². The molecule has 0 saturated carbocycles. The highest BCUT2D eigenvalue weighted by Gasteiger charge is 2.35. The van der Waals surface area contributed by atoms with E-state index in [-0.39, 0.29) is 12.1 Å². The summed E-state index contributed by atoms with van der Waals surface area (Å²) in [4.78, 5) is 18.0. The van der Waals surface area contributed by atoms with Gasteiger partial charge >= 0.3 is 6.09 Å². The molecule has 0 N–H and O–H groups in total. The lowest BCUT2D eigenvalue weighted by molar-refractivity contribution is -0.0141. The summed E-state index contributed by atoms with van der Waals surface area (Å²) in [6.07, 6.45) is 4.10. The second-order valence-electron chi connectivity index (χ2n) is 6.48. The number of carbonyl (C=O) groups excluding carboxylic acids is 1. The standard InChI is InChI=1S/C17H24N2O3/c1-6-13-9-15(10-18-12(13)2)21-11-14-7-8-19(14)16(20)22-17(3,4)5/h6,9-10,14H,1,7-8,11H2,2-5H3/t14-/m0/s1. The fourth-order valence-electron chi connectivity index (χ4n) is 2.18. The summed E-state index contributed by atoms with van der Waals surface area (Å²) in [6.45, 7) is 12.4. The van der Waals surface area contributed by atoms with Gasteiger partial charge in [0, 0.05) is 12.2 Å². The highest BCUT2D eigenvalue weighted by atomic mass is 16.6. The molecule has 1 aliphatic heterocycles. The van der Waals surface area contributed by atoms with Crippen molar-refractivity contribution in [3.8, 4) is 5.75 Å². The Morgan fingerprint density at radius 3 is 2.82 bits per heavy atom. The maximum Gasteiger partial charge on any atom is 0.410 e. The number of carbonyl (C=O) groups is 1. The van der Waals surface area contributed by atoms with E-state index in [1.807, 2.05) is 33.8 Å². The molecule has 1 atom stereocenters. The smallest absolute Gasteiger partial charge is 0.410 e. The second-order valence-corrected chi connectivity index (χ2v) is 6.48. The topological polar surface area (TPSA) is 51.7 Å². The summed E-state index contributed by atoms with van der Waals surface area (Å²) in [5.41, 5.74) is 1.40. The van der Waals surface area contributed by atoms with Gasteiger partial charge in [0.25, 0.3) is 0 Å². The van der Waals surface area contributed by atoms with E-state index in [0.717, 1.165) is 17.7 Å². The normalized spacial score (nSPS) is 17.6. The zero-order valence-corrected chi connectivity index (χ0v) is 13.8. The summed E-state index contributed by atoms with van der Waals surface area (Å²) >= 11 is 0. The van der Waals surface area contributed by atoms with Gasteiger partial charge in [0.15, 0.2) is 0 Å². The number of nitrogens with zero attached hydrogens (tertiary/aromatic N) is 2. The van der Waals surface area contributed by atoms with Crippen LogP contribution in [0.2, 0.25) is 0 Å². The predicted octanol–water partition coefficient (Wildman–Crippen LogP) is 3.42. The predicted molar refractivity (Wildman–Crippen MR) is 85.9 cm³/mol. The van der Waals surface area contributed by atoms with Gasteiger partial charge in [-0.1, -0.05) is 12.7 Å². The van der Waals surface area contributed by atoms with Crippen molar-refractivity contribution in [1.82, 2.24) is 9.88 Å². The first kappa shape index (κ1) is 16.3. The van der Waals surface area contributed by atoms with E-state index in [2.05, 4.69) is 11.6 Å². The fourth-order valence-corrected chi connectivity index (χ4v) is 2.18. The summed E-state index contributed by atoms with van der Waals surface area (Å²) in [5.74, 6) is 0.691. The Kier molecular flexibility index (Phi) is 4.74. The van der Waals surface area contributed by atoms with Crippen LogP contribution in [0.3, 0.4) is 0 Å². The first-order valence-corrected chi connectivity index (χ1v) is 7.51. The highest BCUT2D eigenvalue weighted by molar-refractivity contribution is 5.69. The molecule has 2 heterocycles. The van der Waals surface area contributed by atoms with Gasteiger partial charge in [-0.05, 0) is 45.7 Å². The Morgan fingerprint density at radius 2 is 2.27 bits per heavy atom. The van der Waals surface area contributed by atoms with Crippen LogP contribution in [0, 0.1) is 6.92 Å². The van der Waals surface area contributed by atoms with Gasteiger partial charge in [-0.2, -0.15) is 0 Å². The van der Waals surface area contributed by atoms with Crippen molar-refractivity contribution in [1.29, 1.82) is 0 Å². The van der Waals surface area contributed by atoms with Crippen molar-refractivity contribution in [2.24, 2.45) is 0 Å². The zero-order chi connectivity index (χ0) is 16.3. The molecule has 0 bridgehead atoms. The molecule has 5 heteroatoms. The van der Waals surface area contributed by atoms with Gasteiger partial charge in [-0.25, -0.2) is 4.79 Å². The van der Waals surface area contributed by atoms with Crippen LogP contribution in [-0.2, 0) is 4.74 Å². The van der Waals surface area contributed by atoms with Crippen LogP contribution in [0.15, 0.2) is 18.8 Å². The minimum absolute atomic E-state index is 0.0586. The van der Waals surface area contributed by atoms with E-state index in [0.29, 0.717) is 18.9 Å². The molecule has 120 valence electrons. The molecule has 5 nitrogen and oxygen atoms in total. The lowest BCUT2D eigenvalue weighted by Gasteiger charge is -2.40. The number of aromatic nitrogens is 1. The van der Waals surface area contributed by atoms with Crippen LogP contribution in [0.25, 0.3) is 6.08 Å². The molecule has 0 spiro atoms. The Bertz CT molecular complexity index is 564. The molecule has 0 unspecified atom stereocenters. The van der Waals surface area contributed by atoms with Gasteiger partial charge in [-0.3, -0.25) is 4.98 Å². The number of amides is 1. The van der Waals surface area contributed by atoms with Gasteiger partial charge < -0.3 is 14.4 Å². The van der Waals surface area contributed by atoms with Crippen LogP contribution in [0.1, 0.15) is 38.4 Å². The Balaban J connectivity index is 1.89. The number of hydrogen-bond donors (Lipinski definition) is 0. The molecule has 1 fully saturated rings. The van der Waals surface area contributed by atoms with Crippen LogP contribution in [0.4, 0.5) is 4.79 Å². The minimum Gasteiger partial charge on any atom is -0.490 e. The van der Waals surface area contributed by atoms with Crippen LogP contribution >= 0.6 is 0 Å². The third-order valence-corrected chi connectivity index (χ3v) is 3.54. The second kappa shape index (κ2) is 6.38. The van der Waals surface area contributed by atoms with Crippen molar-refractivity contribution >= 4 is 12.2 Å². The molecular formula is C17H24N2O3. The van der Waals surface area contributed by atoms with Crippen molar-refractivity contribution in [3.63, 3.8) is 0 Å². The molecule has 1 saturated heterocycles. The van der Waals surface area contributed by atoms with Crippen LogP contribution < -0.4 is 4.74 Å². The monoisotopic (exact) mass is 304 g/mol. The number of pyridine rings is 1. The van der Waals surface area contributed by atoms with Crippen molar-refractivity contribution in [3.05, 3.63) is 30.1 Å². The molecule has 0 aliphatic carbocycles. The van der Waals surface area contributed by atoms with E-state index in [1.165, 1.54) is 0 Å². The average Bonchev–Trinajstić information content (AvgIpc) is 2.37. The minimum atomic E-state index is -0.474. The summed E-state index contributed by atoms with van der Waals surface area (Å²) in [7, 11) is 0. The van der Waals surface area contributed by atoms with E-state index in [1.54, 1.807) is 17.2 Å². The molecular weight excluding hydrogens is 280 g/mol. The summed E-state index contributed by atoms with van der Waals surface area (Å²) in [5, 5.41) is 0. The van der Waals surface area contributed by atoms with E-state index in [4.69, 9.17) is 9.47 Å². The maximum absolute atomic E-state index is 12.0. The molecule has 0 radical (unpaired) electrons. The van der Waals surface area contributed by atoms with E-state index in [9.17, 15) is 4.79 Å².